The molecule has 42 heavy (non-hydrogen) atoms. The van der Waals surface area contributed by atoms with Crippen molar-refractivity contribution in [2.75, 3.05) is 26.4 Å². The SMILES string of the molecule is CCCCCC1CCOC(c2ccc(OCC)cc2)O1.CCCCCCCC1CCOC(c2ccc(OCC)cc2)O1. The van der Waals surface area contributed by atoms with Gasteiger partial charge in [0.25, 0.3) is 0 Å². The number of hydrogen-bond donors (Lipinski definition) is 0. The molecule has 2 aromatic carbocycles. The summed E-state index contributed by atoms with van der Waals surface area (Å²) < 4.78 is 34.6. The van der Waals surface area contributed by atoms with Gasteiger partial charge in [-0.05, 0) is 63.8 Å². The first-order valence-electron chi connectivity index (χ1n) is 16.7. The van der Waals surface area contributed by atoms with Crippen molar-refractivity contribution >= 4 is 0 Å². The normalized spacial score (nSPS) is 22.2. The average Bonchev–Trinajstić information content (AvgIpc) is 3.03. The van der Waals surface area contributed by atoms with E-state index in [9.17, 15) is 0 Å². The third kappa shape index (κ3) is 12.6. The zero-order valence-electron chi connectivity index (χ0n) is 26.7. The van der Waals surface area contributed by atoms with Crippen molar-refractivity contribution in [1.82, 2.24) is 0 Å². The van der Waals surface area contributed by atoms with Gasteiger partial charge in [-0.3, -0.25) is 0 Å². The summed E-state index contributed by atoms with van der Waals surface area (Å²) >= 11 is 0. The second kappa shape index (κ2) is 20.7. The molecule has 0 amide bonds. The van der Waals surface area contributed by atoms with E-state index < -0.39 is 0 Å². The van der Waals surface area contributed by atoms with Gasteiger partial charge in [0.05, 0.1) is 38.6 Å². The summed E-state index contributed by atoms with van der Waals surface area (Å²) in [6, 6.07) is 16.1. The molecule has 6 nitrogen and oxygen atoms in total. The fourth-order valence-corrected chi connectivity index (χ4v) is 5.32. The lowest BCUT2D eigenvalue weighted by Crippen LogP contribution is -2.27. The van der Waals surface area contributed by atoms with Crippen molar-refractivity contribution in [3.05, 3.63) is 59.7 Å². The summed E-state index contributed by atoms with van der Waals surface area (Å²) in [5, 5.41) is 0. The van der Waals surface area contributed by atoms with Gasteiger partial charge in [-0.25, -0.2) is 0 Å². The van der Waals surface area contributed by atoms with Gasteiger partial charge in [-0.2, -0.15) is 0 Å². The molecule has 2 saturated heterocycles. The first-order chi connectivity index (χ1) is 20.7. The van der Waals surface area contributed by atoms with Crippen molar-refractivity contribution in [2.24, 2.45) is 0 Å². The van der Waals surface area contributed by atoms with Crippen LogP contribution in [0.5, 0.6) is 11.5 Å². The highest BCUT2D eigenvalue weighted by atomic mass is 16.7. The fraction of sp³-hybridized carbons (Fsp3) is 0.667. The Labute approximate surface area is 255 Å². The highest BCUT2D eigenvalue weighted by Crippen LogP contribution is 2.31. The maximum absolute atomic E-state index is 6.12. The average molecular weight is 585 g/mol. The van der Waals surface area contributed by atoms with Gasteiger partial charge in [0, 0.05) is 11.1 Å². The lowest BCUT2D eigenvalue weighted by Gasteiger charge is -2.30. The van der Waals surface area contributed by atoms with Crippen molar-refractivity contribution in [2.45, 2.75) is 130 Å². The Bertz CT molecular complexity index is 931. The molecule has 4 rings (SSSR count). The largest absolute Gasteiger partial charge is 0.494 e. The van der Waals surface area contributed by atoms with Gasteiger partial charge < -0.3 is 28.4 Å². The van der Waals surface area contributed by atoms with Crippen molar-refractivity contribution in [1.29, 1.82) is 0 Å². The summed E-state index contributed by atoms with van der Waals surface area (Å²) in [4.78, 5) is 0. The third-order valence-electron chi connectivity index (χ3n) is 7.74. The smallest absolute Gasteiger partial charge is 0.184 e. The van der Waals surface area contributed by atoms with Gasteiger partial charge in [-0.15, -0.1) is 0 Å². The molecule has 4 unspecified atom stereocenters. The van der Waals surface area contributed by atoms with Crippen LogP contribution in [0.4, 0.5) is 0 Å². The number of ether oxygens (including phenoxy) is 6. The molecule has 2 aliphatic rings. The van der Waals surface area contributed by atoms with E-state index in [-0.39, 0.29) is 12.6 Å². The predicted octanol–water partition coefficient (Wildman–Crippen LogP) is 9.72. The third-order valence-corrected chi connectivity index (χ3v) is 7.74. The van der Waals surface area contributed by atoms with Crippen LogP contribution < -0.4 is 9.47 Å². The Morgan fingerprint density at radius 1 is 0.548 bits per heavy atom. The number of rotatable bonds is 16. The Morgan fingerprint density at radius 2 is 0.952 bits per heavy atom. The van der Waals surface area contributed by atoms with E-state index in [0.717, 1.165) is 61.5 Å². The lowest BCUT2D eigenvalue weighted by molar-refractivity contribution is -0.218. The standard InChI is InChI=1S/C19H30O3.C17H26O3/c1-3-5-6-7-8-9-18-14-15-21-19(22-18)16-10-12-17(13-11-16)20-4-2;1-3-5-6-7-16-12-13-19-17(20-16)14-8-10-15(11-9-14)18-4-2/h10-13,18-19H,3-9,14-15H2,1-2H3;8-11,16-17H,3-7,12-13H2,1-2H3. The van der Waals surface area contributed by atoms with E-state index in [1.807, 2.05) is 62.4 Å². The molecule has 0 aromatic heterocycles. The topological polar surface area (TPSA) is 55.4 Å². The van der Waals surface area contributed by atoms with Crippen LogP contribution in [0.2, 0.25) is 0 Å². The minimum absolute atomic E-state index is 0.217. The summed E-state index contributed by atoms with van der Waals surface area (Å²) in [6.07, 6.45) is 14.9. The summed E-state index contributed by atoms with van der Waals surface area (Å²) in [7, 11) is 0. The molecule has 0 N–H and O–H groups in total. The predicted molar refractivity (Wildman–Crippen MR) is 169 cm³/mol. The monoisotopic (exact) mass is 584 g/mol. The first-order valence-corrected chi connectivity index (χ1v) is 16.7. The van der Waals surface area contributed by atoms with Crippen LogP contribution >= 0.6 is 0 Å². The molecular formula is C36H56O6. The Balaban J connectivity index is 0.000000231. The number of benzene rings is 2. The molecule has 0 aliphatic carbocycles. The fourth-order valence-electron chi connectivity index (χ4n) is 5.32. The number of hydrogen-bond acceptors (Lipinski definition) is 6. The molecule has 236 valence electrons. The first kappa shape index (κ1) is 34.4. The zero-order chi connectivity index (χ0) is 29.8. The van der Waals surface area contributed by atoms with E-state index in [0.29, 0.717) is 25.4 Å². The van der Waals surface area contributed by atoms with E-state index in [2.05, 4.69) is 13.8 Å². The molecule has 0 saturated carbocycles. The lowest BCUT2D eigenvalue weighted by atomic mass is 10.1. The Hall–Kier alpha value is -2.12. The molecule has 0 bridgehead atoms. The maximum atomic E-state index is 6.12. The van der Waals surface area contributed by atoms with Crippen molar-refractivity contribution in [3.63, 3.8) is 0 Å². The van der Waals surface area contributed by atoms with Crippen LogP contribution in [-0.2, 0) is 18.9 Å². The molecule has 4 atom stereocenters. The van der Waals surface area contributed by atoms with Gasteiger partial charge in [-0.1, -0.05) is 89.5 Å². The van der Waals surface area contributed by atoms with Gasteiger partial charge >= 0.3 is 0 Å². The molecule has 2 aromatic rings. The van der Waals surface area contributed by atoms with Crippen LogP contribution in [-0.4, -0.2) is 38.6 Å². The van der Waals surface area contributed by atoms with Crippen LogP contribution in [0.25, 0.3) is 0 Å². The summed E-state index contributed by atoms with van der Waals surface area (Å²) in [5.74, 6) is 1.79. The van der Waals surface area contributed by atoms with Crippen LogP contribution in [0.1, 0.15) is 128 Å². The quantitative estimate of drug-likeness (QED) is 0.183. The highest BCUT2D eigenvalue weighted by Gasteiger charge is 2.25. The minimum Gasteiger partial charge on any atom is -0.494 e. The molecule has 0 spiro atoms. The summed E-state index contributed by atoms with van der Waals surface area (Å²) in [6.45, 7) is 11.4. The van der Waals surface area contributed by atoms with Crippen LogP contribution in [0.15, 0.2) is 48.5 Å². The highest BCUT2D eigenvalue weighted by molar-refractivity contribution is 5.29. The molecule has 2 aliphatic heterocycles. The van der Waals surface area contributed by atoms with Crippen LogP contribution in [0, 0.1) is 0 Å². The summed E-state index contributed by atoms with van der Waals surface area (Å²) in [5.41, 5.74) is 2.16. The van der Waals surface area contributed by atoms with E-state index in [1.54, 1.807) is 0 Å². The second-order valence-electron chi connectivity index (χ2n) is 11.2. The molecular weight excluding hydrogens is 528 g/mol. The Morgan fingerprint density at radius 3 is 1.38 bits per heavy atom. The molecule has 2 fully saturated rings. The molecule has 0 radical (unpaired) electrons. The van der Waals surface area contributed by atoms with Gasteiger partial charge in [0.1, 0.15) is 11.5 Å². The number of unbranched alkanes of at least 4 members (excludes halogenated alkanes) is 6. The van der Waals surface area contributed by atoms with Crippen molar-refractivity contribution in [3.8, 4) is 11.5 Å². The van der Waals surface area contributed by atoms with Crippen LogP contribution in [0.3, 0.4) is 0 Å². The molecule has 6 heteroatoms. The van der Waals surface area contributed by atoms with E-state index in [4.69, 9.17) is 28.4 Å². The van der Waals surface area contributed by atoms with Gasteiger partial charge in [0.2, 0.25) is 0 Å². The zero-order valence-corrected chi connectivity index (χ0v) is 26.7. The maximum Gasteiger partial charge on any atom is 0.184 e. The minimum atomic E-state index is -0.218. The molecule has 2 heterocycles. The van der Waals surface area contributed by atoms with Crippen molar-refractivity contribution < 1.29 is 28.4 Å². The van der Waals surface area contributed by atoms with E-state index in [1.165, 1.54) is 51.4 Å². The second-order valence-corrected chi connectivity index (χ2v) is 11.2. The van der Waals surface area contributed by atoms with Gasteiger partial charge in [0.15, 0.2) is 12.6 Å². The Kier molecular flexibility index (Phi) is 17.0. The van der Waals surface area contributed by atoms with E-state index >= 15 is 0 Å².